The van der Waals surface area contributed by atoms with Crippen molar-refractivity contribution in [3.8, 4) is 0 Å². The lowest BCUT2D eigenvalue weighted by atomic mass is 10.1. The number of nitrogens with one attached hydrogen (secondary N) is 1. The third kappa shape index (κ3) is 2.71. The fourth-order valence-electron chi connectivity index (χ4n) is 2.55. The highest BCUT2D eigenvalue weighted by atomic mass is 15.1. The lowest BCUT2D eigenvalue weighted by Gasteiger charge is -2.20. The van der Waals surface area contributed by atoms with Gasteiger partial charge in [-0.3, -0.25) is 9.88 Å². The molecular weight excluding hydrogens is 238 g/mol. The first-order valence-electron chi connectivity index (χ1n) is 6.52. The quantitative estimate of drug-likeness (QED) is 0.912. The van der Waals surface area contributed by atoms with E-state index in [1.807, 2.05) is 6.20 Å². The molecule has 1 aliphatic rings. The third-order valence-corrected chi connectivity index (χ3v) is 3.51. The molecule has 0 unspecified atom stereocenters. The summed E-state index contributed by atoms with van der Waals surface area (Å²) >= 11 is 0. The van der Waals surface area contributed by atoms with E-state index in [0.29, 0.717) is 11.9 Å². The van der Waals surface area contributed by atoms with E-state index in [0.717, 1.165) is 5.82 Å². The number of anilines is 2. The summed E-state index contributed by atoms with van der Waals surface area (Å²) in [5.74, 6) is 1.53. The van der Waals surface area contributed by atoms with Crippen LogP contribution in [0.1, 0.15) is 24.4 Å². The summed E-state index contributed by atoms with van der Waals surface area (Å²) in [6, 6.07) is 4.69. The number of likely N-dealkylation sites (tertiary alicyclic amines) is 1. The van der Waals surface area contributed by atoms with Crippen molar-refractivity contribution in [2.45, 2.75) is 18.9 Å². The van der Waals surface area contributed by atoms with Crippen LogP contribution in [0.4, 0.5) is 11.6 Å². The highest BCUT2D eigenvalue weighted by Gasteiger charge is 2.22. The van der Waals surface area contributed by atoms with Crippen LogP contribution in [0, 0.1) is 0 Å². The molecule has 5 nitrogen and oxygen atoms in total. The summed E-state index contributed by atoms with van der Waals surface area (Å²) in [4.78, 5) is 14.9. The van der Waals surface area contributed by atoms with Crippen LogP contribution in [0.15, 0.2) is 36.9 Å². The van der Waals surface area contributed by atoms with Gasteiger partial charge in [-0.25, -0.2) is 9.97 Å². The fraction of sp³-hybridized carbons (Fsp3) is 0.357. The molecule has 0 aliphatic carbocycles. The van der Waals surface area contributed by atoms with Crippen LogP contribution in [0.5, 0.6) is 0 Å². The topological polar surface area (TPSA) is 53.9 Å². The number of rotatable bonds is 3. The van der Waals surface area contributed by atoms with Crippen molar-refractivity contribution in [1.29, 1.82) is 0 Å². The Morgan fingerprint density at radius 1 is 1.21 bits per heavy atom. The number of nitrogens with zero attached hydrogens (tertiary/aromatic N) is 4. The smallest absolute Gasteiger partial charge is 0.150 e. The van der Waals surface area contributed by atoms with E-state index in [9.17, 15) is 0 Å². The first-order chi connectivity index (χ1) is 9.33. The van der Waals surface area contributed by atoms with Gasteiger partial charge in [0.05, 0.1) is 6.20 Å². The van der Waals surface area contributed by atoms with Crippen LogP contribution in [0.3, 0.4) is 0 Å². The molecule has 0 radical (unpaired) electrons. The van der Waals surface area contributed by atoms with E-state index in [2.05, 4.69) is 44.3 Å². The molecule has 1 atom stereocenters. The molecule has 19 heavy (non-hydrogen) atoms. The highest BCUT2D eigenvalue weighted by molar-refractivity contribution is 5.51. The van der Waals surface area contributed by atoms with E-state index in [-0.39, 0.29) is 0 Å². The van der Waals surface area contributed by atoms with E-state index < -0.39 is 0 Å². The van der Waals surface area contributed by atoms with Gasteiger partial charge < -0.3 is 5.32 Å². The van der Waals surface area contributed by atoms with Crippen LogP contribution >= 0.6 is 0 Å². The predicted molar refractivity (Wildman–Crippen MR) is 74.2 cm³/mol. The van der Waals surface area contributed by atoms with Crippen molar-refractivity contribution in [2.75, 3.05) is 18.9 Å². The maximum Gasteiger partial charge on any atom is 0.150 e. The summed E-state index contributed by atoms with van der Waals surface area (Å²) in [7, 11) is 2.17. The molecule has 98 valence electrons. The van der Waals surface area contributed by atoms with Crippen LogP contribution in [-0.2, 0) is 0 Å². The van der Waals surface area contributed by atoms with Crippen LogP contribution in [0.25, 0.3) is 0 Å². The average Bonchev–Trinajstić information content (AvgIpc) is 2.86. The second-order valence-electron chi connectivity index (χ2n) is 4.83. The summed E-state index contributed by atoms with van der Waals surface area (Å²) in [5.41, 5.74) is 1.31. The van der Waals surface area contributed by atoms with Gasteiger partial charge in [-0.05, 0) is 44.1 Å². The Bertz CT molecular complexity index is 543. The Balaban J connectivity index is 1.80. The molecule has 3 heterocycles. The first kappa shape index (κ1) is 12.0. The van der Waals surface area contributed by atoms with Gasteiger partial charge in [0.2, 0.25) is 0 Å². The van der Waals surface area contributed by atoms with E-state index in [1.54, 1.807) is 18.6 Å². The second kappa shape index (κ2) is 5.32. The van der Waals surface area contributed by atoms with Gasteiger partial charge in [0.1, 0.15) is 11.6 Å². The lowest BCUT2D eigenvalue weighted by Crippen LogP contribution is -2.17. The van der Waals surface area contributed by atoms with Gasteiger partial charge in [-0.1, -0.05) is 0 Å². The maximum atomic E-state index is 4.33. The molecule has 0 amide bonds. The molecule has 5 heteroatoms. The van der Waals surface area contributed by atoms with E-state index in [4.69, 9.17) is 0 Å². The zero-order chi connectivity index (χ0) is 13.1. The predicted octanol–water partition coefficient (Wildman–Crippen LogP) is 2.38. The summed E-state index contributed by atoms with van der Waals surface area (Å²) in [6.45, 7) is 1.17. The Labute approximate surface area is 112 Å². The number of hydrogen-bond donors (Lipinski definition) is 1. The molecule has 1 N–H and O–H groups in total. The Hall–Kier alpha value is -2.01. The van der Waals surface area contributed by atoms with Crippen molar-refractivity contribution in [1.82, 2.24) is 19.9 Å². The lowest BCUT2D eigenvalue weighted by molar-refractivity contribution is 0.317. The van der Waals surface area contributed by atoms with Crippen LogP contribution < -0.4 is 5.32 Å². The minimum Gasteiger partial charge on any atom is -0.324 e. The first-order valence-corrected chi connectivity index (χ1v) is 6.52. The summed E-state index contributed by atoms with van der Waals surface area (Å²) in [5, 5.41) is 3.18. The zero-order valence-corrected chi connectivity index (χ0v) is 11.0. The molecule has 2 aromatic heterocycles. The van der Waals surface area contributed by atoms with Crippen molar-refractivity contribution in [3.63, 3.8) is 0 Å². The van der Waals surface area contributed by atoms with E-state index in [1.165, 1.54) is 24.9 Å². The van der Waals surface area contributed by atoms with Crippen LogP contribution in [0.2, 0.25) is 0 Å². The largest absolute Gasteiger partial charge is 0.324 e. The Morgan fingerprint density at radius 3 is 2.84 bits per heavy atom. The Morgan fingerprint density at radius 2 is 2.11 bits per heavy atom. The molecule has 0 bridgehead atoms. The molecular formula is C14H17N5. The normalized spacial score (nSPS) is 19.5. The fourth-order valence-corrected chi connectivity index (χ4v) is 2.55. The second-order valence-corrected chi connectivity index (χ2v) is 4.83. The van der Waals surface area contributed by atoms with Crippen molar-refractivity contribution in [2.24, 2.45) is 0 Å². The molecule has 0 saturated carbocycles. The summed E-state index contributed by atoms with van der Waals surface area (Å²) in [6.07, 6.45) is 9.33. The molecule has 1 saturated heterocycles. The van der Waals surface area contributed by atoms with Crippen molar-refractivity contribution in [3.05, 3.63) is 42.5 Å². The van der Waals surface area contributed by atoms with Gasteiger partial charge in [-0.2, -0.15) is 0 Å². The number of aromatic nitrogens is 3. The number of hydrogen-bond acceptors (Lipinski definition) is 5. The van der Waals surface area contributed by atoms with Gasteiger partial charge in [-0.15, -0.1) is 0 Å². The molecule has 2 aromatic rings. The van der Waals surface area contributed by atoms with Gasteiger partial charge in [0, 0.05) is 24.6 Å². The zero-order valence-electron chi connectivity index (χ0n) is 11.0. The van der Waals surface area contributed by atoms with Gasteiger partial charge >= 0.3 is 0 Å². The van der Waals surface area contributed by atoms with Gasteiger partial charge in [0.25, 0.3) is 0 Å². The summed E-state index contributed by atoms with van der Waals surface area (Å²) < 4.78 is 0. The standard InChI is InChI=1S/C14H17N5/c1-19-8-2-3-12(19)11-4-5-16-13(9-11)18-14-10-15-6-7-17-14/h4-7,9-10,12H,2-3,8H2,1H3,(H,16,17,18)/t12-/m0/s1. The minimum atomic E-state index is 0.505. The maximum absolute atomic E-state index is 4.33. The SMILES string of the molecule is CN1CCC[C@H]1c1ccnc(Nc2cnccn2)c1. The van der Waals surface area contributed by atoms with E-state index >= 15 is 0 Å². The Kier molecular flexibility index (Phi) is 3.37. The molecule has 1 aliphatic heterocycles. The third-order valence-electron chi connectivity index (χ3n) is 3.51. The highest BCUT2D eigenvalue weighted by Crippen LogP contribution is 2.31. The van der Waals surface area contributed by atoms with Crippen molar-refractivity contribution < 1.29 is 0 Å². The molecule has 0 aromatic carbocycles. The average molecular weight is 255 g/mol. The molecule has 3 rings (SSSR count). The molecule has 1 fully saturated rings. The van der Waals surface area contributed by atoms with Crippen LogP contribution in [-0.4, -0.2) is 33.4 Å². The number of pyridine rings is 1. The minimum absolute atomic E-state index is 0.505. The van der Waals surface area contributed by atoms with Gasteiger partial charge in [0.15, 0.2) is 0 Å². The molecule has 0 spiro atoms. The monoisotopic (exact) mass is 255 g/mol. The van der Waals surface area contributed by atoms with Crippen molar-refractivity contribution >= 4 is 11.6 Å².